The smallest absolute Gasteiger partial charge is 0.164 e. The Morgan fingerprint density at radius 3 is 2.67 bits per heavy atom. The van der Waals surface area contributed by atoms with Crippen molar-refractivity contribution in [3.05, 3.63) is 59.7 Å². The van der Waals surface area contributed by atoms with E-state index in [9.17, 15) is 19.0 Å². The van der Waals surface area contributed by atoms with Crippen molar-refractivity contribution in [2.45, 2.75) is 37.5 Å². The molecule has 4 rings (SSSR count). The Hall–Kier alpha value is -2.46. The Morgan fingerprint density at radius 1 is 1.15 bits per heavy atom. The highest BCUT2D eigenvalue weighted by atomic mass is 19.2. The fraction of sp³-hybridized carbons (Fsp3) is 0.333. The van der Waals surface area contributed by atoms with E-state index in [4.69, 9.17) is 10.5 Å². The maximum Gasteiger partial charge on any atom is 0.164 e. The molecule has 0 radical (unpaired) electrons. The van der Waals surface area contributed by atoms with Gasteiger partial charge in [0, 0.05) is 11.6 Å². The molecule has 9 heteroatoms. The van der Waals surface area contributed by atoms with E-state index >= 15 is 0 Å². The second-order valence-electron chi connectivity index (χ2n) is 6.59. The number of nitrogens with two attached hydrogens (primary N) is 1. The zero-order valence-corrected chi connectivity index (χ0v) is 14.3. The first kappa shape index (κ1) is 17.9. The van der Waals surface area contributed by atoms with Crippen LogP contribution in [-0.4, -0.2) is 43.1 Å². The second-order valence-corrected chi connectivity index (χ2v) is 6.59. The van der Waals surface area contributed by atoms with Crippen LogP contribution in [-0.2, 0) is 4.74 Å². The Morgan fingerprint density at radius 2 is 1.93 bits per heavy atom. The molecule has 142 valence electrons. The van der Waals surface area contributed by atoms with Gasteiger partial charge < -0.3 is 25.3 Å². The van der Waals surface area contributed by atoms with Gasteiger partial charge in [0.25, 0.3) is 0 Å². The summed E-state index contributed by atoms with van der Waals surface area (Å²) >= 11 is 0. The van der Waals surface area contributed by atoms with Crippen LogP contribution in [0.3, 0.4) is 0 Å². The lowest BCUT2D eigenvalue weighted by atomic mass is 9.97. The van der Waals surface area contributed by atoms with Crippen molar-refractivity contribution < 1.29 is 23.7 Å². The topological polar surface area (TPSA) is 106 Å². The summed E-state index contributed by atoms with van der Waals surface area (Å²) in [6, 6.07) is 4.06. The van der Waals surface area contributed by atoms with Crippen LogP contribution in [0.1, 0.15) is 23.5 Å². The molecule has 0 spiro atoms. The second kappa shape index (κ2) is 6.61. The number of aliphatic hydroxyl groups is 2. The van der Waals surface area contributed by atoms with Crippen LogP contribution in [0.4, 0.5) is 8.78 Å². The molecule has 1 aromatic carbocycles. The summed E-state index contributed by atoms with van der Waals surface area (Å²) in [5.41, 5.74) is 7.66. The molecular formula is C18H18F2N4O3. The van der Waals surface area contributed by atoms with Crippen molar-refractivity contribution in [1.82, 2.24) is 14.5 Å². The first-order valence-electron chi connectivity index (χ1n) is 8.38. The summed E-state index contributed by atoms with van der Waals surface area (Å²) in [4.78, 5) is 8.33. The molecule has 1 saturated heterocycles. The standard InChI is InChI=1S/C18H18F2N4O3/c1-8-10-4-5-24(17(10)23-7-22-8)18-15(26)14(25)16(27-18)13(21)9-2-3-11(19)12(20)6-9/h2-7,13-16,18,25-26H,21H2,1H3. The highest BCUT2D eigenvalue weighted by Crippen LogP contribution is 2.36. The van der Waals surface area contributed by atoms with Gasteiger partial charge in [0.1, 0.15) is 30.3 Å². The Labute approximate surface area is 153 Å². The van der Waals surface area contributed by atoms with Gasteiger partial charge >= 0.3 is 0 Å². The van der Waals surface area contributed by atoms with Crippen molar-refractivity contribution in [2.75, 3.05) is 0 Å². The van der Waals surface area contributed by atoms with Crippen molar-refractivity contribution in [3.63, 3.8) is 0 Å². The van der Waals surface area contributed by atoms with E-state index < -0.39 is 42.2 Å². The summed E-state index contributed by atoms with van der Waals surface area (Å²) in [6.07, 6.45) is -1.48. The molecule has 5 atom stereocenters. The van der Waals surface area contributed by atoms with Crippen molar-refractivity contribution in [3.8, 4) is 0 Å². The molecular weight excluding hydrogens is 358 g/mol. The van der Waals surface area contributed by atoms with Gasteiger partial charge in [-0.2, -0.15) is 0 Å². The molecule has 27 heavy (non-hydrogen) atoms. The molecule has 1 aliphatic heterocycles. The van der Waals surface area contributed by atoms with Crippen molar-refractivity contribution in [2.24, 2.45) is 5.73 Å². The Bertz CT molecular complexity index is 996. The lowest BCUT2D eigenvalue weighted by molar-refractivity contribution is -0.0422. The molecule has 1 fully saturated rings. The van der Waals surface area contributed by atoms with Gasteiger partial charge in [-0.1, -0.05) is 6.07 Å². The Kier molecular flexibility index (Phi) is 4.39. The molecule has 0 saturated carbocycles. The number of halogens is 2. The lowest BCUT2D eigenvalue weighted by Crippen LogP contribution is -2.38. The zero-order valence-electron chi connectivity index (χ0n) is 14.3. The molecule has 0 amide bonds. The van der Waals surface area contributed by atoms with Gasteiger partial charge in [-0.3, -0.25) is 0 Å². The van der Waals surface area contributed by atoms with Crippen LogP contribution in [0.25, 0.3) is 11.0 Å². The van der Waals surface area contributed by atoms with Crippen LogP contribution < -0.4 is 5.73 Å². The number of ether oxygens (including phenoxy) is 1. The monoisotopic (exact) mass is 376 g/mol. The molecule has 7 nitrogen and oxygen atoms in total. The van der Waals surface area contributed by atoms with Gasteiger partial charge in [-0.25, -0.2) is 18.7 Å². The van der Waals surface area contributed by atoms with E-state index in [1.54, 1.807) is 16.8 Å². The number of aliphatic hydroxyl groups excluding tert-OH is 2. The van der Waals surface area contributed by atoms with Crippen LogP contribution in [0, 0.1) is 18.6 Å². The number of benzene rings is 1. The first-order valence-corrected chi connectivity index (χ1v) is 8.38. The Balaban J connectivity index is 1.66. The summed E-state index contributed by atoms with van der Waals surface area (Å²) in [6.45, 7) is 1.83. The van der Waals surface area contributed by atoms with Crippen LogP contribution in [0.2, 0.25) is 0 Å². The summed E-state index contributed by atoms with van der Waals surface area (Å²) in [7, 11) is 0. The SMILES string of the molecule is Cc1ncnc2c1ccn2C1OC(C(N)c2ccc(F)c(F)c2)C(O)C1O. The average molecular weight is 376 g/mol. The largest absolute Gasteiger partial charge is 0.387 e. The van der Waals surface area contributed by atoms with Gasteiger partial charge in [0.2, 0.25) is 0 Å². The van der Waals surface area contributed by atoms with E-state index in [1.165, 1.54) is 12.4 Å². The first-order chi connectivity index (χ1) is 12.9. The average Bonchev–Trinajstić information content (AvgIpc) is 3.20. The van der Waals surface area contributed by atoms with Crippen LogP contribution in [0.5, 0.6) is 0 Å². The zero-order chi connectivity index (χ0) is 19.3. The van der Waals surface area contributed by atoms with Crippen molar-refractivity contribution >= 4 is 11.0 Å². The third-order valence-electron chi connectivity index (χ3n) is 4.94. The molecule has 3 heterocycles. The summed E-state index contributed by atoms with van der Waals surface area (Å²) in [5, 5.41) is 21.7. The lowest BCUT2D eigenvalue weighted by Gasteiger charge is -2.22. The third-order valence-corrected chi connectivity index (χ3v) is 4.94. The minimum Gasteiger partial charge on any atom is -0.387 e. The molecule has 4 N–H and O–H groups in total. The van der Waals surface area contributed by atoms with E-state index in [0.29, 0.717) is 5.65 Å². The van der Waals surface area contributed by atoms with E-state index in [0.717, 1.165) is 23.2 Å². The van der Waals surface area contributed by atoms with Gasteiger partial charge in [0.15, 0.2) is 17.9 Å². The number of aryl methyl sites for hydroxylation is 1. The fourth-order valence-corrected chi connectivity index (χ4v) is 3.42. The molecule has 1 aliphatic rings. The highest BCUT2D eigenvalue weighted by molar-refractivity contribution is 5.78. The van der Waals surface area contributed by atoms with Gasteiger partial charge in [0.05, 0.1) is 11.7 Å². The van der Waals surface area contributed by atoms with Gasteiger partial charge in [-0.05, 0) is 30.7 Å². The summed E-state index contributed by atoms with van der Waals surface area (Å²) < 4.78 is 34.1. The molecule has 3 aromatic rings. The van der Waals surface area contributed by atoms with Crippen LogP contribution >= 0.6 is 0 Å². The predicted molar refractivity (Wildman–Crippen MR) is 91.5 cm³/mol. The maximum absolute atomic E-state index is 13.5. The summed E-state index contributed by atoms with van der Waals surface area (Å²) in [5.74, 6) is -2.04. The molecule has 2 aromatic heterocycles. The van der Waals surface area contributed by atoms with Crippen molar-refractivity contribution in [1.29, 1.82) is 0 Å². The maximum atomic E-state index is 13.5. The minimum atomic E-state index is -1.32. The van der Waals surface area contributed by atoms with E-state index in [2.05, 4.69) is 9.97 Å². The number of rotatable bonds is 3. The minimum absolute atomic E-state index is 0.251. The molecule has 0 aliphatic carbocycles. The van der Waals surface area contributed by atoms with Crippen LogP contribution in [0.15, 0.2) is 36.8 Å². The predicted octanol–water partition coefficient (Wildman–Crippen LogP) is 1.34. The van der Waals surface area contributed by atoms with E-state index in [1.807, 2.05) is 6.92 Å². The number of nitrogens with zero attached hydrogens (tertiary/aromatic N) is 3. The molecule has 5 unspecified atom stereocenters. The number of fused-ring (bicyclic) bond motifs is 1. The van der Waals surface area contributed by atoms with E-state index in [-0.39, 0.29) is 5.56 Å². The molecule has 0 bridgehead atoms. The normalized spacial score (nSPS) is 26.6. The highest BCUT2D eigenvalue weighted by Gasteiger charge is 2.47. The van der Waals surface area contributed by atoms with Gasteiger partial charge in [-0.15, -0.1) is 0 Å². The number of aromatic nitrogens is 3. The number of hydrogen-bond donors (Lipinski definition) is 3. The number of hydrogen-bond acceptors (Lipinski definition) is 6. The third kappa shape index (κ3) is 2.88. The quantitative estimate of drug-likeness (QED) is 0.637. The fourth-order valence-electron chi connectivity index (χ4n) is 3.42.